The average molecular weight is 727 g/mol. The van der Waals surface area contributed by atoms with E-state index in [9.17, 15) is 0 Å². The molecule has 0 aliphatic heterocycles. The highest BCUT2D eigenvalue weighted by molar-refractivity contribution is 6.26. The molecule has 10 aromatic rings. The Morgan fingerprint density at radius 1 is 0.474 bits per heavy atom. The fraction of sp³-hybridized carbons (Fsp3) is 0.158. The molecule has 10 aromatic carbocycles. The van der Waals surface area contributed by atoms with E-state index in [1.807, 2.05) is 0 Å². The van der Waals surface area contributed by atoms with Crippen molar-refractivity contribution in [2.75, 3.05) is 0 Å². The van der Waals surface area contributed by atoms with Crippen molar-refractivity contribution in [2.45, 2.75) is 57.8 Å². The molecule has 1 atom stereocenters. The van der Waals surface area contributed by atoms with E-state index < -0.39 is 0 Å². The van der Waals surface area contributed by atoms with Crippen molar-refractivity contribution in [1.82, 2.24) is 0 Å². The van der Waals surface area contributed by atoms with E-state index in [-0.39, 0.29) is 10.8 Å². The second kappa shape index (κ2) is 10.6. The summed E-state index contributed by atoms with van der Waals surface area (Å²) in [5.41, 5.74) is 16.8. The molecule has 1 unspecified atom stereocenters. The van der Waals surface area contributed by atoms with Crippen molar-refractivity contribution in [1.29, 1.82) is 0 Å². The Kier molecular flexibility index (Phi) is 5.92. The third kappa shape index (κ3) is 3.99. The van der Waals surface area contributed by atoms with Crippen LogP contribution in [-0.2, 0) is 10.8 Å². The molecule has 0 bridgehead atoms. The molecule has 0 spiro atoms. The van der Waals surface area contributed by atoms with E-state index >= 15 is 0 Å². The Balaban J connectivity index is 0.934. The van der Waals surface area contributed by atoms with Crippen LogP contribution in [0.5, 0.6) is 0 Å². The molecule has 0 heteroatoms. The van der Waals surface area contributed by atoms with Gasteiger partial charge in [-0.1, -0.05) is 155 Å². The summed E-state index contributed by atoms with van der Waals surface area (Å²) in [5.74, 6) is 0.339. The molecular formula is C57H42. The average Bonchev–Trinajstić information content (AvgIpc) is 3.59. The zero-order valence-electron chi connectivity index (χ0n) is 33.1. The first kappa shape index (κ1) is 31.9. The van der Waals surface area contributed by atoms with Gasteiger partial charge in [0.2, 0.25) is 0 Å². The van der Waals surface area contributed by atoms with E-state index in [0.717, 1.165) is 6.42 Å². The number of hydrogen-bond acceptors (Lipinski definition) is 0. The molecule has 0 radical (unpaired) electrons. The minimum atomic E-state index is -0.125. The van der Waals surface area contributed by atoms with Crippen molar-refractivity contribution >= 4 is 70.2 Å². The Morgan fingerprint density at radius 2 is 1.02 bits per heavy atom. The van der Waals surface area contributed by atoms with Crippen LogP contribution in [0.2, 0.25) is 0 Å². The first-order valence-electron chi connectivity index (χ1n) is 20.8. The van der Waals surface area contributed by atoms with Gasteiger partial charge in [-0.3, -0.25) is 0 Å². The van der Waals surface area contributed by atoms with Gasteiger partial charge in [0.05, 0.1) is 0 Å². The van der Waals surface area contributed by atoms with Gasteiger partial charge in [-0.05, 0) is 163 Å². The van der Waals surface area contributed by atoms with Crippen LogP contribution < -0.4 is 0 Å². The standard InChI is InChI=1S/C57H42/c1-31-26-39(41-22-17-37-15-13-33-9-7-11-35-19-25-44(41)55(37)53(33)35)28-50-51(31)46-30-48-45(29-49(46)57(50,4)5)42-23-20-38(27-47(42)56(48,2)3)40-21-16-36-14-12-32-8-6-10-34-18-24-43(40)54(36)52(32)34/h6-19,21-30,38H,20H2,1-5H3. The van der Waals surface area contributed by atoms with Gasteiger partial charge in [-0.25, -0.2) is 0 Å². The fourth-order valence-electron chi connectivity index (χ4n) is 11.9. The van der Waals surface area contributed by atoms with Gasteiger partial charge in [0.25, 0.3) is 0 Å². The quantitative estimate of drug-likeness (QED) is 0.156. The van der Waals surface area contributed by atoms with Crippen LogP contribution in [0.1, 0.15) is 73.4 Å². The Morgan fingerprint density at radius 3 is 1.70 bits per heavy atom. The maximum Gasteiger partial charge on any atom is 0.0159 e. The molecule has 0 N–H and O–H groups in total. The number of aryl methyl sites for hydroxylation is 1. The van der Waals surface area contributed by atoms with Crippen molar-refractivity contribution in [2.24, 2.45) is 0 Å². The molecule has 0 heterocycles. The Labute approximate surface area is 333 Å². The summed E-state index contributed by atoms with van der Waals surface area (Å²) >= 11 is 0. The van der Waals surface area contributed by atoms with Gasteiger partial charge in [0.15, 0.2) is 0 Å². The zero-order valence-corrected chi connectivity index (χ0v) is 33.1. The third-order valence-electron chi connectivity index (χ3n) is 14.8. The van der Waals surface area contributed by atoms with E-state index in [4.69, 9.17) is 0 Å². The lowest BCUT2D eigenvalue weighted by Gasteiger charge is -2.28. The molecule has 270 valence electrons. The number of benzene rings is 10. The number of allylic oxidation sites excluding steroid dienone is 4. The van der Waals surface area contributed by atoms with E-state index in [1.165, 1.54) is 131 Å². The number of fused-ring (bicyclic) bond motifs is 6. The largest absolute Gasteiger partial charge is 0.0754 e. The first-order chi connectivity index (χ1) is 27.7. The lowest BCUT2D eigenvalue weighted by atomic mass is 9.76. The molecule has 0 amide bonds. The molecule has 3 aliphatic rings. The van der Waals surface area contributed by atoms with Crippen LogP contribution in [0.3, 0.4) is 0 Å². The van der Waals surface area contributed by atoms with Gasteiger partial charge < -0.3 is 0 Å². The normalized spacial score (nSPS) is 17.8. The van der Waals surface area contributed by atoms with Crippen molar-refractivity contribution in [3.05, 3.63) is 185 Å². The highest BCUT2D eigenvalue weighted by Crippen LogP contribution is 2.59. The van der Waals surface area contributed by atoms with Crippen LogP contribution in [0.15, 0.2) is 151 Å². The summed E-state index contributed by atoms with van der Waals surface area (Å²) in [7, 11) is 0. The SMILES string of the molecule is Cc1cc(-c2ccc3ccc4cccc5ccc2c3c45)cc2c1-c1cc3c(cc1C2(C)C)C1=CCC(c2ccc4ccc5cccc6ccc2c4c56)C=C1C3(C)C. The molecule has 0 saturated heterocycles. The molecule has 13 rings (SSSR count). The molecule has 0 saturated carbocycles. The molecule has 0 fully saturated rings. The highest BCUT2D eigenvalue weighted by Gasteiger charge is 2.44. The summed E-state index contributed by atoms with van der Waals surface area (Å²) in [5, 5.41) is 16.3. The fourth-order valence-corrected chi connectivity index (χ4v) is 11.9. The van der Waals surface area contributed by atoms with Crippen molar-refractivity contribution < 1.29 is 0 Å². The first-order valence-corrected chi connectivity index (χ1v) is 20.8. The van der Waals surface area contributed by atoms with Crippen LogP contribution in [0, 0.1) is 6.92 Å². The van der Waals surface area contributed by atoms with Crippen LogP contribution in [0.25, 0.3) is 92.5 Å². The Bertz CT molecular complexity index is 3460. The Hall–Kier alpha value is -6.24. The third-order valence-corrected chi connectivity index (χ3v) is 14.8. The van der Waals surface area contributed by atoms with Gasteiger partial charge >= 0.3 is 0 Å². The van der Waals surface area contributed by atoms with Gasteiger partial charge in [0.1, 0.15) is 0 Å². The predicted molar refractivity (Wildman–Crippen MR) is 244 cm³/mol. The highest BCUT2D eigenvalue weighted by atomic mass is 14.5. The topological polar surface area (TPSA) is 0 Å². The monoisotopic (exact) mass is 726 g/mol. The van der Waals surface area contributed by atoms with Crippen molar-refractivity contribution in [3.63, 3.8) is 0 Å². The molecule has 3 aliphatic carbocycles. The molecule has 57 heavy (non-hydrogen) atoms. The summed E-state index contributed by atoms with van der Waals surface area (Å²) in [6, 6.07) is 51.5. The van der Waals surface area contributed by atoms with E-state index in [2.05, 4.69) is 180 Å². The van der Waals surface area contributed by atoms with Crippen molar-refractivity contribution in [3.8, 4) is 22.3 Å². The van der Waals surface area contributed by atoms with Crippen LogP contribution in [-0.4, -0.2) is 0 Å². The minimum Gasteiger partial charge on any atom is -0.0754 e. The van der Waals surface area contributed by atoms with Gasteiger partial charge in [-0.15, -0.1) is 0 Å². The molecular weight excluding hydrogens is 685 g/mol. The molecule has 0 nitrogen and oxygen atoms in total. The van der Waals surface area contributed by atoms with E-state index in [1.54, 1.807) is 0 Å². The second-order valence-corrected chi connectivity index (χ2v) is 18.4. The van der Waals surface area contributed by atoms with Crippen LogP contribution >= 0.6 is 0 Å². The summed E-state index contributed by atoms with van der Waals surface area (Å²) in [4.78, 5) is 0. The van der Waals surface area contributed by atoms with Gasteiger partial charge in [0, 0.05) is 16.7 Å². The maximum absolute atomic E-state index is 2.64. The minimum absolute atomic E-state index is 0.0961. The smallest absolute Gasteiger partial charge is 0.0159 e. The number of hydrogen-bond donors (Lipinski definition) is 0. The van der Waals surface area contributed by atoms with E-state index in [0.29, 0.717) is 5.92 Å². The number of rotatable bonds is 2. The predicted octanol–water partition coefficient (Wildman–Crippen LogP) is 15.6. The summed E-state index contributed by atoms with van der Waals surface area (Å²) in [6.07, 6.45) is 6.23. The summed E-state index contributed by atoms with van der Waals surface area (Å²) < 4.78 is 0. The van der Waals surface area contributed by atoms with Crippen LogP contribution in [0.4, 0.5) is 0 Å². The second-order valence-electron chi connectivity index (χ2n) is 18.4. The lowest BCUT2D eigenvalue weighted by molar-refractivity contribution is 0.644. The summed E-state index contributed by atoms with van der Waals surface area (Å²) in [6.45, 7) is 12.2. The molecule has 0 aromatic heterocycles. The van der Waals surface area contributed by atoms with Gasteiger partial charge in [-0.2, -0.15) is 0 Å². The maximum atomic E-state index is 2.64. The lowest BCUT2D eigenvalue weighted by Crippen LogP contribution is -2.18. The zero-order chi connectivity index (χ0) is 38.1.